The van der Waals surface area contributed by atoms with E-state index in [1.165, 1.54) is 0 Å². The number of aromatic nitrogens is 14. The van der Waals surface area contributed by atoms with Crippen LogP contribution in [-0.2, 0) is 7.05 Å². The number of halogens is 1. The summed E-state index contributed by atoms with van der Waals surface area (Å²) in [5.41, 5.74) is 7.00. The van der Waals surface area contributed by atoms with Gasteiger partial charge in [0.1, 0.15) is 23.0 Å². The number of rotatable bonds is 9. The Hall–Kier alpha value is -8.77. The van der Waals surface area contributed by atoms with E-state index < -0.39 is 0 Å². The standard InChI is InChI=1S/C25H22N8O.C24H19ClN8O/c1-15(2)33-23-19(14-27-33)18(13-21(30-23)17-9-5-4-6-10-17)24(34)32-25-29-16(3)28-22(31-25)20-11-7-8-12-26-20;1-13-20-17(12-19(29-22(20)33(3)32-13)15-7-9-16(25)10-8-15)23(34)31-24-28-14(2)27-21(30-24)18-6-4-5-11-26-18/h4-15H,1-3H3,(H,28,29,31,32,34);4-12H,1-3H3,(H,27,28,30,31,34). The molecule has 0 aliphatic carbocycles. The predicted octanol–water partition coefficient (Wildman–Crippen LogP) is 8.89. The highest BCUT2D eigenvalue weighted by atomic mass is 35.5. The summed E-state index contributed by atoms with van der Waals surface area (Å²) in [6.45, 7) is 9.37. The van der Waals surface area contributed by atoms with E-state index in [0.29, 0.717) is 90.0 Å². The molecule has 2 N–H and O–H groups in total. The lowest BCUT2D eigenvalue weighted by Crippen LogP contribution is -2.16. The number of benzene rings is 2. The third-order valence-electron chi connectivity index (χ3n) is 10.5. The number of hydrogen-bond acceptors (Lipinski definition) is 14. The minimum atomic E-state index is -0.378. The zero-order valence-electron chi connectivity index (χ0n) is 37.6. The van der Waals surface area contributed by atoms with Crippen LogP contribution in [0.2, 0.25) is 5.02 Å². The number of carbonyl (C=O) groups is 2. The topological polar surface area (TPSA) is 223 Å². The van der Waals surface area contributed by atoms with Crippen molar-refractivity contribution < 1.29 is 9.59 Å². The van der Waals surface area contributed by atoms with Crippen LogP contribution < -0.4 is 10.6 Å². The summed E-state index contributed by atoms with van der Waals surface area (Å²) in [6, 6.07) is 31.5. The zero-order chi connectivity index (χ0) is 47.5. The molecular formula is C49H41ClN16O2. The number of nitrogens with one attached hydrogen (secondary N) is 2. The Morgan fingerprint density at radius 3 is 1.68 bits per heavy atom. The molecule has 0 aliphatic rings. The summed E-state index contributed by atoms with van der Waals surface area (Å²) in [4.78, 5) is 71.2. The second kappa shape index (κ2) is 19.0. The first-order valence-electron chi connectivity index (χ1n) is 21.3. The van der Waals surface area contributed by atoms with E-state index in [0.717, 1.165) is 11.1 Å². The van der Waals surface area contributed by atoms with Gasteiger partial charge in [0.2, 0.25) is 11.9 Å². The summed E-state index contributed by atoms with van der Waals surface area (Å²) in [6.07, 6.45) is 4.99. The maximum atomic E-state index is 13.5. The Morgan fingerprint density at radius 2 is 1.12 bits per heavy atom. The molecule has 0 bridgehead atoms. The number of hydrogen-bond donors (Lipinski definition) is 2. The van der Waals surface area contributed by atoms with Gasteiger partial charge in [0.25, 0.3) is 11.8 Å². The summed E-state index contributed by atoms with van der Waals surface area (Å²) in [5.74, 6) is 1.26. The summed E-state index contributed by atoms with van der Waals surface area (Å²) >= 11 is 6.04. The number of amides is 2. The molecule has 0 atom stereocenters. The zero-order valence-corrected chi connectivity index (χ0v) is 38.3. The summed E-state index contributed by atoms with van der Waals surface area (Å²) in [5, 5.41) is 16.5. The lowest BCUT2D eigenvalue weighted by Gasteiger charge is -2.11. The Morgan fingerprint density at radius 1 is 0.588 bits per heavy atom. The van der Waals surface area contributed by atoms with Gasteiger partial charge in [-0.2, -0.15) is 30.1 Å². The molecule has 336 valence electrons. The second-order valence-corrected chi connectivity index (χ2v) is 16.1. The van der Waals surface area contributed by atoms with Gasteiger partial charge >= 0.3 is 0 Å². The first-order chi connectivity index (χ1) is 32.9. The van der Waals surface area contributed by atoms with Gasteiger partial charge in [0.15, 0.2) is 22.9 Å². The number of aryl methyl sites for hydroxylation is 4. The lowest BCUT2D eigenvalue weighted by molar-refractivity contribution is 0.101. The molecule has 0 unspecified atom stereocenters. The first-order valence-corrected chi connectivity index (χ1v) is 21.7. The van der Waals surface area contributed by atoms with E-state index in [4.69, 9.17) is 21.6 Å². The fourth-order valence-corrected chi connectivity index (χ4v) is 7.49. The van der Waals surface area contributed by atoms with E-state index >= 15 is 0 Å². The molecule has 0 saturated carbocycles. The molecular weight excluding hydrogens is 880 g/mol. The fourth-order valence-electron chi connectivity index (χ4n) is 7.37. The molecule has 10 aromatic rings. The number of pyridine rings is 4. The molecule has 2 amide bonds. The van der Waals surface area contributed by atoms with E-state index in [1.54, 1.807) is 80.6 Å². The molecule has 2 aromatic carbocycles. The minimum absolute atomic E-state index is 0.0824. The SMILES string of the molecule is Cc1nc(NC(=O)c2cc(-c3ccc(Cl)cc3)nc3c2c(C)nn3C)nc(-c2ccccn2)n1.Cc1nc(NC(=O)c2cc(-c3ccccc3)nc3c2cnn3C(C)C)nc(-c2ccccn2)n1. The Labute approximate surface area is 394 Å². The van der Waals surface area contributed by atoms with Crippen molar-refractivity contribution in [2.75, 3.05) is 10.6 Å². The highest BCUT2D eigenvalue weighted by molar-refractivity contribution is 6.30. The van der Waals surface area contributed by atoms with Crippen molar-refractivity contribution in [2.24, 2.45) is 7.05 Å². The van der Waals surface area contributed by atoms with Gasteiger partial charge in [-0.1, -0.05) is 66.2 Å². The van der Waals surface area contributed by atoms with E-state index in [-0.39, 0.29) is 29.8 Å². The van der Waals surface area contributed by atoms with Crippen molar-refractivity contribution in [1.82, 2.24) is 69.4 Å². The van der Waals surface area contributed by atoms with Crippen molar-refractivity contribution in [3.8, 4) is 45.6 Å². The third-order valence-corrected chi connectivity index (χ3v) is 10.7. The van der Waals surface area contributed by atoms with E-state index in [2.05, 4.69) is 60.7 Å². The maximum Gasteiger partial charge on any atom is 0.258 e. The Bertz CT molecular complexity index is 3470. The maximum absolute atomic E-state index is 13.5. The van der Waals surface area contributed by atoms with Crippen LogP contribution in [0, 0.1) is 20.8 Å². The molecule has 0 aliphatic heterocycles. The van der Waals surface area contributed by atoms with E-state index in [9.17, 15) is 9.59 Å². The molecule has 0 saturated heterocycles. The highest BCUT2D eigenvalue weighted by Gasteiger charge is 2.22. The van der Waals surface area contributed by atoms with Crippen LogP contribution in [0.1, 0.15) is 57.9 Å². The molecule has 0 spiro atoms. The van der Waals surface area contributed by atoms with E-state index in [1.807, 2.05) is 92.2 Å². The molecule has 8 heterocycles. The van der Waals surface area contributed by atoms with Crippen LogP contribution in [-0.4, -0.2) is 81.2 Å². The average Bonchev–Trinajstić information content (AvgIpc) is 3.91. The summed E-state index contributed by atoms with van der Waals surface area (Å²) < 4.78 is 3.47. The first kappa shape index (κ1) is 44.4. The second-order valence-electron chi connectivity index (χ2n) is 15.7. The molecule has 0 radical (unpaired) electrons. The molecule has 0 fully saturated rings. The number of anilines is 2. The van der Waals surface area contributed by atoms with Gasteiger partial charge in [-0.3, -0.25) is 34.9 Å². The minimum Gasteiger partial charge on any atom is -0.290 e. The van der Waals surface area contributed by atoms with Crippen LogP contribution in [0.3, 0.4) is 0 Å². The molecule has 68 heavy (non-hydrogen) atoms. The average molecular weight is 921 g/mol. The normalized spacial score (nSPS) is 11.1. The highest BCUT2D eigenvalue weighted by Crippen LogP contribution is 2.30. The van der Waals surface area contributed by atoms with Gasteiger partial charge in [0.05, 0.1) is 45.2 Å². The van der Waals surface area contributed by atoms with Gasteiger partial charge in [-0.15, -0.1) is 0 Å². The quantitative estimate of drug-likeness (QED) is 0.138. The number of carbonyl (C=O) groups excluding carboxylic acids is 2. The molecule has 10 rings (SSSR count). The van der Waals surface area contributed by atoms with Crippen molar-refractivity contribution >= 4 is 57.4 Å². The van der Waals surface area contributed by atoms with Gasteiger partial charge in [0, 0.05) is 41.6 Å². The monoisotopic (exact) mass is 920 g/mol. The van der Waals surface area contributed by atoms with Gasteiger partial charge in [-0.05, 0) is 83.1 Å². The summed E-state index contributed by atoms with van der Waals surface area (Å²) in [7, 11) is 1.80. The van der Waals surface area contributed by atoms with Crippen molar-refractivity contribution in [3.63, 3.8) is 0 Å². The van der Waals surface area contributed by atoms with Gasteiger partial charge in [-0.25, -0.2) is 24.6 Å². The fraction of sp³-hybridized carbons (Fsp3) is 0.143. The Kier molecular flexibility index (Phi) is 12.4. The Balaban J connectivity index is 0.000000170. The van der Waals surface area contributed by atoms with Crippen molar-refractivity contribution in [3.05, 3.63) is 155 Å². The van der Waals surface area contributed by atoms with Crippen molar-refractivity contribution in [1.29, 1.82) is 0 Å². The lowest BCUT2D eigenvalue weighted by atomic mass is 10.0. The molecule has 18 nitrogen and oxygen atoms in total. The molecule has 19 heteroatoms. The van der Waals surface area contributed by atoms with Crippen LogP contribution in [0.25, 0.3) is 67.6 Å². The van der Waals surface area contributed by atoms with Crippen molar-refractivity contribution in [2.45, 2.75) is 40.7 Å². The van der Waals surface area contributed by atoms with Gasteiger partial charge < -0.3 is 0 Å². The largest absolute Gasteiger partial charge is 0.290 e. The van der Waals surface area contributed by atoms with Crippen LogP contribution in [0.5, 0.6) is 0 Å². The molecule has 8 aromatic heterocycles. The smallest absolute Gasteiger partial charge is 0.258 e. The predicted molar refractivity (Wildman–Crippen MR) is 259 cm³/mol. The van der Waals surface area contributed by atoms with Crippen LogP contribution in [0.4, 0.5) is 11.9 Å². The van der Waals surface area contributed by atoms with Crippen LogP contribution >= 0.6 is 11.6 Å². The third kappa shape index (κ3) is 9.47. The number of fused-ring (bicyclic) bond motifs is 2. The van der Waals surface area contributed by atoms with Crippen LogP contribution in [0.15, 0.2) is 122 Å². The number of nitrogens with zero attached hydrogens (tertiary/aromatic N) is 14.